The molecule has 0 saturated heterocycles. The molecule has 1 unspecified atom stereocenters. The Morgan fingerprint density at radius 3 is 2.24 bits per heavy atom. The maximum atomic E-state index is 11.9. The third-order valence-corrected chi connectivity index (χ3v) is 4.95. The molecule has 0 amide bonds. The lowest BCUT2D eigenvalue weighted by molar-refractivity contribution is -0.135. The standard InChI is InChI=1S/C24H34N2O3/c1-4-6-7-8-9-10-15-28-22-17-25-24(26-18-22)20-11-13-21(14-12-20)29-23(27)16-19(3)5-2/h11-14,17-19H,4-10,15-16H2,1-3H3. The van der Waals surface area contributed by atoms with Crippen molar-refractivity contribution in [1.82, 2.24) is 9.97 Å². The number of hydrogen-bond acceptors (Lipinski definition) is 5. The highest BCUT2D eigenvalue weighted by molar-refractivity contribution is 5.72. The van der Waals surface area contributed by atoms with Crippen LogP contribution >= 0.6 is 0 Å². The molecule has 0 saturated carbocycles. The fourth-order valence-electron chi connectivity index (χ4n) is 2.89. The molecular weight excluding hydrogens is 364 g/mol. The predicted molar refractivity (Wildman–Crippen MR) is 116 cm³/mol. The normalized spacial score (nSPS) is 11.8. The Bertz CT molecular complexity index is 714. The zero-order valence-corrected chi connectivity index (χ0v) is 18.0. The molecule has 5 heteroatoms. The molecule has 1 aromatic heterocycles. The van der Waals surface area contributed by atoms with Gasteiger partial charge in [-0.25, -0.2) is 9.97 Å². The second-order valence-electron chi connectivity index (χ2n) is 7.57. The van der Waals surface area contributed by atoms with Crippen molar-refractivity contribution in [3.8, 4) is 22.9 Å². The van der Waals surface area contributed by atoms with Crippen molar-refractivity contribution in [2.45, 2.75) is 72.1 Å². The van der Waals surface area contributed by atoms with Gasteiger partial charge in [0.2, 0.25) is 0 Å². The molecule has 29 heavy (non-hydrogen) atoms. The van der Waals surface area contributed by atoms with Crippen LogP contribution in [0.3, 0.4) is 0 Å². The van der Waals surface area contributed by atoms with Crippen molar-refractivity contribution >= 4 is 5.97 Å². The smallest absolute Gasteiger partial charge is 0.311 e. The van der Waals surface area contributed by atoms with Crippen molar-refractivity contribution in [2.75, 3.05) is 6.61 Å². The number of esters is 1. The summed E-state index contributed by atoms with van der Waals surface area (Å²) in [6, 6.07) is 7.27. The molecule has 0 radical (unpaired) electrons. The second-order valence-corrected chi connectivity index (χ2v) is 7.57. The van der Waals surface area contributed by atoms with E-state index in [9.17, 15) is 4.79 Å². The van der Waals surface area contributed by atoms with Crippen molar-refractivity contribution in [3.05, 3.63) is 36.7 Å². The lowest BCUT2D eigenvalue weighted by Gasteiger charge is -2.09. The van der Waals surface area contributed by atoms with Crippen LogP contribution in [0.1, 0.15) is 72.1 Å². The van der Waals surface area contributed by atoms with Gasteiger partial charge in [-0.1, -0.05) is 59.3 Å². The van der Waals surface area contributed by atoms with Gasteiger partial charge >= 0.3 is 5.97 Å². The van der Waals surface area contributed by atoms with Gasteiger partial charge in [0.25, 0.3) is 0 Å². The highest BCUT2D eigenvalue weighted by Gasteiger charge is 2.10. The van der Waals surface area contributed by atoms with Crippen molar-refractivity contribution < 1.29 is 14.3 Å². The zero-order valence-electron chi connectivity index (χ0n) is 18.0. The molecule has 0 aliphatic carbocycles. The molecular formula is C24H34N2O3. The summed E-state index contributed by atoms with van der Waals surface area (Å²) < 4.78 is 11.1. The molecule has 0 aliphatic rings. The number of hydrogen-bond donors (Lipinski definition) is 0. The number of unbranched alkanes of at least 4 members (excludes halogenated alkanes) is 5. The first-order valence-electron chi connectivity index (χ1n) is 10.9. The lowest BCUT2D eigenvalue weighted by atomic mass is 10.1. The van der Waals surface area contributed by atoms with Gasteiger partial charge in [-0.3, -0.25) is 4.79 Å². The Morgan fingerprint density at radius 2 is 1.59 bits per heavy atom. The largest absolute Gasteiger partial charge is 0.490 e. The summed E-state index contributed by atoms with van der Waals surface area (Å²) in [7, 11) is 0. The van der Waals surface area contributed by atoms with Crippen LogP contribution in [0.5, 0.6) is 11.5 Å². The SMILES string of the molecule is CCCCCCCCOc1cnc(-c2ccc(OC(=O)CC(C)CC)cc2)nc1. The summed E-state index contributed by atoms with van der Waals surface area (Å²) in [4.78, 5) is 20.7. The quantitative estimate of drug-likeness (QED) is 0.227. The fourth-order valence-corrected chi connectivity index (χ4v) is 2.89. The molecule has 0 bridgehead atoms. The van der Waals surface area contributed by atoms with Gasteiger partial charge in [0.15, 0.2) is 11.6 Å². The first kappa shape index (κ1) is 22.9. The number of aromatic nitrogens is 2. The maximum absolute atomic E-state index is 11.9. The molecule has 1 atom stereocenters. The molecule has 1 aromatic carbocycles. The third kappa shape index (κ3) is 8.63. The van der Waals surface area contributed by atoms with E-state index in [1.54, 1.807) is 24.5 Å². The average Bonchev–Trinajstić information content (AvgIpc) is 2.74. The molecule has 0 aliphatic heterocycles. The number of nitrogens with zero attached hydrogens (tertiary/aromatic N) is 2. The summed E-state index contributed by atoms with van der Waals surface area (Å²) in [5.41, 5.74) is 0.870. The van der Waals surface area contributed by atoms with Gasteiger partial charge in [0.05, 0.1) is 19.0 Å². The van der Waals surface area contributed by atoms with Crippen LogP contribution in [0.4, 0.5) is 0 Å². The van der Waals surface area contributed by atoms with Crippen molar-refractivity contribution in [1.29, 1.82) is 0 Å². The number of benzene rings is 1. The van der Waals surface area contributed by atoms with Gasteiger partial charge in [-0.2, -0.15) is 0 Å². The topological polar surface area (TPSA) is 61.3 Å². The van der Waals surface area contributed by atoms with Crippen molar-refractivity contribution in [2.24, 2.45) is 5.92 Å². The van der Waals surface area contributed by atoms with Crippen LogP contribution in [0, 0.1) is 5.92 Å². The van der Waals surface area contributed by atoms with Crippen LogP contribution in [0.25, 0.3) is 11.4 Å². The van der Waals surface area contributed by atoms with Crippen LogP contribution in [0.2, 0.25) is 0 Å². The minimum absolute atomic E-state index is 0.199. The van der Waals surface area contributed by atoms with Gasteiger partial charge < -0.3 is 9.47 Å². The Kier molecular flexibility index (Phi) is 10.2. The minimum Gasteiger partial charge on any atom is -0.490 e. The van der Waals surface area contributed by atoms with Crippen molar-refractivity contribution in [3.63, 3.8) is 0 Å². The molecule has 158 valence electrons. The second kappa shape index (κ2) is 12.9. The van der Waals surface area contributed by atoms with Crippen LogP contribution in [-0.4, -0.2) is 22.5 Å². The highest BCUT2D eigenvalue weighted by Crippen LogP contribution is 2.21. The third-order valence-electron chi connectivity index (χ3n) is 4.95. The Morgan fingerprint density at radius 1 is 0.931 bits per heavy atom. The number of ether oxygens (including phenoxy) is 2. The summed E-state index contributed by atoms with van der Waals surface area (Å²) in [5, 5.41) is 0. The maximum Gasteiger partial charge on any atom is 0.311 e. The molecule has 5 nitrogen and oxygen atoms in total. The molecule has 0 fully saturated rings. The Hall–Kier alpha value is -2.43. The number of rotatable bonds is 13. The van der Waals surface area contributed by atoms with E-state index in [4.69, 9.17) is 9.47 Å². The number of carbonyl (C=O) groups excluding carboxylic acids is 1. The summed E-state index contributed by atoms with van der Waals surface area (Å²) >= 11 is 0. The first-order chi connectivity index (χ1) is 14.1. The Balaban J connectivity index is 1.78. The van der Waals surface area contributed by atoms with Crippen LogP contribution < -0.4 is 9.47 Å². The average molecular weight is 399 g/mol. The first-order valence-corrected chi connectivity index (χ1v) is 10.9. The monoisotopic (exact) mass is 398 g/mol. The van der Waals surface area contributed by atoms with Gasteiger partial charge in [-0.15, -0.1) is 0 Å². The van der Waals surface area contributed by atoms with Gasteiger partial charge in [0.1, 0.15) is 5.75 Å². The fraction of sp³-hybridized carbons (Fsp3) is 0.542. The van der Waals surface area contributed by atoms with E-state index in [1.807, 2.05) is 19.1 Å². The predicted octanol–water partition coefficient (Wildman–Crippen LogP) is 6.22. The van der Waals surface area contributed by atoms with E-state index in [-0.39, 0.29) is 5.97 Å². The highest BCUT2D eigenvalue weighted by atomic mass is 16.5. The summed E-state index contributed by atoms with van der Waals surface area (Å²) in [6.45, 7) is 7.04. The lowest BCUT2D eigenvalue weighted by Crippen LogP contribution is -2.11. The molecule has 0 spiro atoms. The molecule has 1 heterocycles. The molecule has 0 N–H and O–H groups in total. The Labute approximate surface area is 174 Å². The summed E-state index contributed by atoms with van der Waals surface area (Å²) in [5.74, 6) is 1.99. The molecule has 2 rings (SSSR count). The van der Waals surface area contributed by atoms with Gasteiger partial charge in [-0.05, 0) is 36.6 Å². The minimum atomic E-state index is -0.199. The van der Waals surface area contributed by atoms with E-state index in [2.05, 4.69) is 23.8 Å². The van der Waals surface area contributed by atoms with E-state index in [1.165, 1.54) is 32.1 Å². The van der Waals surface area contributed by atoms with Crippen LogP contribution in [-0.2, 0) is 4.79 Å². The van der Waals surface area contributed by atoms with Gasteiger partial charge in [0, 0.05) is 12.0 Å². The number of carbonyl (C=O) groups is 1. The summed E-state index contributed by atoms with van der Waals surface area (Å²) in [6.07, 6.45) is 12.2. The van der Waals surface area contributed by atoms with E-state index in [0.29, 0.717) is 36.3 Å². The van der Waals surface area contributed by atoms with E-state index < -0.39 is 0 Å². The van der Waals surface area contributed by atoms with E-state index >= 15 is 0 Å². The zero-order chi connectivity index (χ0) is 20.9. The molecule has 2 aromatic rings. The van der Waals surface area contributed by atoms with Crippen LogP contribution in [0.15, 0.2) is 36.7 Å². The van der Waals surface area contributed by atoms with E-state index in [0.717, 1.165) is 18.4 Å².